The largest absolute Gasteiger partial charge is 0.497 e. The van der Waals surface area contributed by atoms with E-state index in [-0.39, 0.29) is 11.7 Å². The lowest BCUT2D eigenvalue weighted by atomic mass is 10.1. The normalized spacial score (nSPS) is 10.5. The fourth-order valence-electron chi connectivity index (χ4n) is 2.60. The van der Waals surface area contributed by atoms with Crippen molar-refractivity contribution in [3.8, 4) is 22.8 Å². The molecule has 0 saturated heterocycles. The molecule has 0 atom stereocenters. The first kappa shape index (κ1) is 17.6. The van der Waals surface area contributed by atoms with Gasteiger partial charge in [0.15, 0.2) is 5.76 Å². The molecule has 1 amide bonds. The summed E-state index contributed by atoms with van der Waals surface area (Å²) in [4.78, 5) is 12.5. The van der Waals surface area contributed by atoms with E-state index in [0.717, 1.165) is 5.56 Å². The van der Waals surface area contributed by atoms with Gasteiger partial charge in [0.2, 0.25) is 0 Å². The zero-order valence-electron chi connectivity index (χ0n) is 15.3. The number of hydrogen-bond acceptors (Lipinski definition) is 4. The minimum atomic E-state index is -0.344. The number of anilines is 1. The fourth-order valence-corrected chi connectivity index (χ4v) is 2.60. The number of amides is 1. The Bertz CT molecular complexity index is 943. The van der Waals surface area contributed by atoms with Crippen LogP contribution in [0.3, 0.4) is 0 Å². The van der Waals surface area contributed by atoms with Crippen molar-refractivity contribution in [1.29, 1.82) is 0 Å². The molecule has 3 aromatic rings. The van der Waals surface area contributed by atoms with Crippen molar-refractivity contribution < 1.29 is 18.7 Å². The smallest absolute Gasteiger partial charge is 0.291 e. The number of hydrogen-bond donors (Lipinski definition) is 1. The second-order valence-corrected chi connectivity index (χ2v) is 5.98. The molecule has 0 aliphatic carbocycles. The van der Waals surface area contributed by atoms with Crippen LogP contribution in [0.2, 0.25) is 0 Å². The molecule has 5 nitrogen and oxygen atoms in total. The summed E-state index contributed by atoms with van der Waals surface area (Å²) in [5, 5.41) is 2.80. The van der Waals surface area contributed by atoms with E-state index in [0.29, 0.717) is 22.9 Å². The number of benzene rings is 2. The van der Waals surface area contributed by atoms with Crippen LogP contribution in [-0.2, 0) is 0 Å². The van der Waals surface area contributed by atoms with Crippen LogP contribution >= 0.6 is 0 Å². The van der Waals surface area contributed by atoms with Gasteiger partial charge >= 0.3 is 0 Å². The molecule has 26 heavy (non-hydrogen) atoms. The van der Waals surface area contributed by atoms with Crippen LogP contribution in [0.5, 0.6) is 11.5 Å². The average molecular weight is 351 g/mol. The van der Waals surface area contributed by atoms with E-state index in [9.17, 15) is 4.79 Å². The highest BCUT2D eigenvalue weighted by atomic mass is 16.5. The van der Waals surface area contributed by atoms with Crippen molar-refractivity contribution in [1.82, 2.24) is 0 Å². The number of rotatable bonds is 5. The van der Waals surface area contributed by atoms with Crippen molar-refractivity contribution in [2.45, 2.75) is 13.8 Å². The zero-order valence-corrected chi connectivity index (χ0v) is 15.3. The molecule has 3 rings (SSSR count). The van der Waals surface area contributed by atoms with E-state index < -0.39 is 0 Å². The number of methoxy groups -OCH3 is 2. The molecular weight excluding hydrogens is 330 g/mol. The molecule has 0 aliphatic heterocycles. The first-order valence-corrected chi connectivity index (χ1v) is 8.22. The zero-order chi connectivity index (χ0) is 18.7. The summed E-state index contributed by atoms with van der Waals surface area (Å²) in [5.74, 6) is 1.70. The molecule has 0 bridgehead atoms. The molecule has 0 fully saturated rings. The van der Waals surface area contributed by atoms with Crippen LogP contribution in [0.25, 0.3) is 11.3 Å². The number of carbonyl (C=O) groups is 1. The molecule has 1 aromatic heterocycles. The number of furan rings is 1. The summed E-state index contributed by atoms with van der Waals surface area (Å²) in [7, 11) is 3.11. The van der Waals surface area contributed by atoms with E-state index in [2.05, 4.69) is 12.2 Å². The number of ether oxygens (including phenoxy) is 2. The molecule has 1 heterocycles. The van der Waals surface area contributed by atoms with Crippen molar-refractivity contribution in [3.63, 3.8) is 0 Å². The van der Waals surface area contributed by atoms with E-state index in [1.54, 1.807) is 37.4 Å². The van der Waals surface area contributed by atoms with Gasteiger partial charge in [-0.05, 0) is 55.3 Å². The molecule has 134 valence electrons. The standard InChI is InChI=1S/C21H21NO4/c1-13-5-6-15(11-14(13)2)18-9-10-19(26-18)21(23)22-17-8-7-16(24-3)12-20(17)25-4/h5-12H,1-4H3,(H,22,23). The Morgan fingerprint density at radius 1 is 0.923 bits per heavy atom. The van der Waals surface area contributed by atoms with Gasteiger partial charge < -0.3 is 19.2 Å². The molecule has 0 unspecified atom stereocenters. The summed E-state index contributed by atoms with van der Waals surface area (Å²) < 4.78 is 16.2. The van der Waals surface area contributed by atoms with Crippen LogP contribution in [0.15, 0.2) is 52.9 Å². The molecule has 2 aromatic carbocycles. The maximum Gasteiger partial charge on any atom is 0.291 e. The van der Waals surface area contributed by atoms with Crippen molar-refractivity contribution in [3.05, 3.63) is 65.4 Å². The van der Waals surface area contributed by atoms with Crippen molar-refractivity contribution in [2.75, 3.05) is 19.5 Å². The Labute approximate surface area is 152 Å². The highest BCUT2D eigenvalue weighted by Gasteiger charge is 2.15. The van der Waals surface area contributed by atoms with Gasteiger partial charge in [-0.2, -0.15) is 0 Å². The molecule has 0 aliphatic rings. The fraction of sp³-hybridized carbons (Fsp3) is 0.190. The Morgan fingerprint density at radius 2 is 1.73 bits per heavy atom. The molecular formula is C21H21NO4. The Kier molecular flexibility index (Phi) is 4.98. The summed E-state index contributed by atoms with van der Waals surface area (Å²) in [6.45, 7) is 4.10. The quantitative estimate of drug-likeness (QED) is 0.715. The van der Waals surface area contributed by atoms with Gasteiger partial charge in [-0.3, -0.25) is 4.79 Å². The third-order valence-electron chi connectivity index (χ3n) is 4.28. The van der Waals surface area contributed by atoms with Gasteiger partial charge in [-0.15, -0.1) is 0 Å². The topological polar surface area (TPSA) is 60.7 Å². The number of nitrogens with one attached hydrogen (secondary N) is 1. The highest BCUT2D eigenvalue weighted by molar-refractivity contribution is 6.03. The molecule has 0 radical (unpaired) electrons. The minimum Gasteiger partial charge on any atom is -0.497 e. The summed E-state index contributed by atoms with van der Waals surface area (Å²) in [5.41, 5.74) is 3.87. The monoisotopic (exact) mass is 351 g/mol. The SMILES string of the molecule is COc1ccc(NC(=O)c2ccc(-c3ccc(C)c(C)c3)o2)c(OC)c1. The molecule has 0 saturated carbocycles. The lowest BCUT2D eigenvalue weighted by molar-refractivity contribution is 0.0997. The maximum atomic E-state index is 12.5. The van der Waals surface area contributed by atoms with Gasteiger partial charge in [0.1, 0.15) is 17.3 Å². The average Bonchev–Trinajstić information content (AvgIpc) is 3.14. The Hall–Kier alpha value is -3.21. The van der Waals surface area contributed by atoms with Gasteiger partial charge in [-0.25, -0.2) is 0 Å². The first-order valence-electron chi connectivity index (χ1n) is 8.22. The predicted molar refractivity (Wildman–Crippen MR) is 101 cm³/mol. The first-order chi connectivity index (χ1) is 12.5. The highest BCUT2D eigenvalue weighted by Crippen LogP contribution is 2.30. The minimum absolute atomic E-state index is 0.232. The van der Waals surface area contributed by atoms with Crippen LogP contribution in [-0.4, -0.2) is 20.1 Å². The second-order valence-electron chi connectivity index (χ2n) is 5.98. The third-order valence-corrected chi connectivity index (χ3v) is 4.28. The van der Waals surface area contributed by atoms with Gasteiger partial charge in [-0.1, -0.05) is 12.1 Å². The lowest BCUT2D eigenvalue weighted by Crippen LogP contribution is -2.11. The van der Waals surface area contributed by atoms with Crippen molar-refractivity contribution >= 4 is 11.6 Å². The number of aryl methyl sites for hydroxylation is 2. The lowest BCUT2D eigenvalue weighted by Gasteiger charge is -2.10. The van der Waals surface area contributed by atoms with Gasteiger partial charge in [0.25, 0.3) is 5.91 Å². The predicted octanol–water partition coefficient (Wildman–Crippen LogP) is 4.83. The van der Waals surface area contributed by atoms with E-state index in [1.165, 1.54) is 18.2 Å². The van der Waals surface area contributed by atoms with E-state index in [4.69, 9.17) is 13.9 Å². The maximum absolute atomic E-state index is 12.5. The van der Waals surface area contributed by atoms with Gasteiger partial charge in [0.05, 0.1) is 19.9 Å². The Balaban J connectivity index is 1.81. The molecule has 1 N–H and O–H groups in total. The molecule has 0 spiro atoms. The van der Waals surface area contributed by atoms with E-state index in [1.807, 2.05) is 25.1 Å². The van der Waals surface area contributed by atoms with Crippen LogP contribution < -0.4 is 14.8 Å². The number of carbonyl (C=O) groups excluding carboxylic acids is 1. The van der Waals surface area contributed by atoms with Crippen LogP contribution in [0, 0.1) is 13.8 Å². The molecule has 5 heteroatoms. The third kappa shape index (κ3) is 3.57. The second kappa shape index (κ2) is 7.35. The van der Waals surface area contributed by atoms with Crippen LogP contribution in [0.4, 0.5) is 5.69 Å². The van der Waals surface area contributed by atoms with Gasteiger partial charge in [0, 0.05) is 11.6 Å². The Morgan fingerprint density at radius 3 is 2.42 bits per heavy atom. The summed E-state index contributed by atoms with van der Waals surface area (Å²) in [6, 6.07) is 14.7. The van der Waals surface area contributed by atoms with Crippen molar-refractivity contribution in [2.24, 2.45) is 0 Å². The summed E-state index contributed by atoms with van der Waals surface area (Å²) >= 11 is 0. The van der Waals surface area contributed by atoms with E-state index >= 15 is 0 Å². The summed E-state index contributed by atoms with van der Waals surface area (Å²) in [6.07, 6.45) is 0. The van der Waals surface area contributed by atoms with Crippen LogP contribution in [0.1, 0.15) is 21.7 Å².